The van der Waals surface area contributed by atoms with Gasteiger partial charge in [0.25, 0.3) is 0 Å². The van der Waals surface area contributed by atoms with Crippen LogP contribution in [0.25, 0.3) is 5.57 Å². The maximum atomic E-state index is 13.0. The first-order valence-electron chi connectivity index (χ1n) is 6.95. The van der Waals surface area contributed by atoms with Gasteiger partial charge in [-0.2, -0.15) is 0 Å². The van der Waals surface area contributed by atoms with E-state index in [1.807, 2.05) is 0 Å². The maximum Gasteiger partial charge on any atom is 0.328 e. The highest BCUT2D eigenvalue weighted by Crippen LogP contribution is 2.37. The first-order valence-corrected chi connectivity index (χ1v) is 10.5. The number of hydrogen-bond donors (Lipinski definition) is 3. The lowest BCUT2D eigenvalue weighted by Gasteiger charge is -2.07. The summed E-state index contributed by atoms with van der Waals surface area (Å²) < 4.78 is 26.5. The molecule has 0 saturated carbocycles. The zero-order valence-corrected chi connectivity index (χ0v) is 15.9. The van der Waals surface area contributed by atoms with Gasteiger partial charge in [0, 0.05) is 6.08 Å². The SMILES string of the molecule is CSc1sc(C(=N)N)cc1S(=O)(=O)c1cccc(/C(C)=C\C(=O)O)c1. The number of nitrogens with two attached hydrogens (primary N) is 1. The Morgan fingerprint density at radius 1 is 1.36 bits per heavy atom. The largest absolute Gasteiger partial charge is 0.478 e. The highest BCUT2D eigenvalue weighted by Gasteiger charge is 2.25. The molecule has 2 rings (SSSR count). The summed E-state index contributed by atoms with van der Waals surface area (Å²) in [5, 5.41) is 16.4. The van der Waals surface area contributed by atoms with Gasteiger partial charge in [-0.05, 0) is 42.5 Å². The van der Waals surface area contributed by atoms with Crippen LogP contribution >= 0.6 is 23.1 Å². The number of carboxylic acids is 1. The summed E-state index contributed by atoms with van der Waals surface area (Å²) in [6.07, 6.45) is 2.78. The normalized spacial score (nSPS) is 12.2. The monoisotopic (exact) mass is 396 g/mol. The molecule has 0 aliphatic carbocycles. The number of rotatable bonds is 6. The van der Waals surface area contributed by atoms with Crippen LogP contribution in [0, 0.1) is 5.41 Å². The van der Waals surface area contributed by atoms with Gasteiger partial charge in [0.1, 0.15) is 5.84 Å². The number of aliphatic carboxylic acids is 1. The number of nitrogen functional groups attached to an aromatic ring is 1. The highest BCUT2D eigenvalue weighted by atomic mass is 32.2. The number of sulfone groups is 1. The smallest absolute Gasteiger partial charge is 0.328 e. The van der Waals surface area contributed by atoms with Crippen LogP contribution in [-0.4, -0.2) is 31.6 Å². The highest BCUT2D eigenvalue weighted by molar-refractivity contribution is 8.01. The maximum absolute atomic E-state index is 13.0. The van der Waals surface area contributed by atoms with Crippen LogP contribution < -0.4 is 5.73 Å². The molecule has 1 aromatic heterocycles. The van der Waals surface area contributed by atoms with Gasteiger partial charge in [0.15, 0.2) is 0 Å². The molecule has 0 atom stereocenters. The van der Waals surface area contributed by atoms with Crippen molar-refractivity contribution in [2.75, 3.05) is 6.26 Å². The summed E-state index contributed by atoms with van der Waals surface area (Å²) in [7, 11) is -3.82. The fourth-order valence-corrected chi connectivity index (χ4v) is 6.03. The van der Waals surface area contributed by atoms with E-state index in [4.69, 9.17) is 16.2 Å². The Kier molecular flexibility index (Phi) is 5.71. The van der Waals surface area contributed by atoms with Crippen molar-refractivity contribution in [3.05, 3.63) is 46.8 Å². The molecule has 0 aliphatic rings. The number of carbonyl (C=O) groups is 1. The Labute approximate surface area is 153 Å². The second-order valence-electron chi connectivity index (χ2n) is 5.08. The molecule has 0 aliphatic heterocycles. The van der Waals surface area contributed by atoms with Gasteiger partial charge in [-0.3, -0.25) is 5.41 Å². The number of hydrogen-bond acceptors (Lipinski definition) is 6. The second-order valence-corrected chi connectivity index (χ2v) is 9.12. The topological polar surface area (TPSA) is 121 Å². The molecule has 0 unspecified atom stereocenters. The number of benzene rings is 1. The van der Waals surface area contributed by atoms with Crippen molar-refractivity contribution in [3.8, 4) is 0 Å². The van der Waals surface area contributed by atoms with Crippen molar-refractivity contribution in [1.82, 2.24) is 0 Å². The lowest BCUT2D eigenvalue weighted by atomic mass is 10.1. The molecule has 0 amide bonds. The minimum Gasteiger partial charge on any atom is -0.478 e. The van der Waals surface area contributed by atoms with Crippen LogP contribution in [-0.2, 0) is 14.6 Å². The van der Waals surface area contributed by atoms with E-state index in [-0.39, 0.29) is 15.6 Å². The molecule has 2 aromatic rings. The summed E-state index contributed by atoms with van der Waals surface area (Å²) in [5.74, 6) is -1.28. The van der Waals surface area contributed by atoms with Gasteiger partial charge in [-0.1, -0.05) is 12.1 Å². The Balaban J connectivity index is 2.58. The predicted octanol–water partition coefficient (Wildman–Crippen LogP) is 3.07. The van der Waals surface area contributed by atoms with Crippen LogP contribution in [0.5, 0.6) is 0 Å². The Bertz CT molecular complexity index is 975. The molecule has 0 saturated heterocycles. The van der Waals surface area contributed by atoms with E-state index < -0.39 is 15.8 Å². The lowest BCUT2D eigenvalue weighted by Crippen LogP contribution is -2.08. The van der Waals surface area contributed by atoms with E-state index in [0.29, 0.717) is 20.2 Å². The number of carboxylic acid groups (broad SMARTS) is 1. The molecule has 4 N–H and O–H groups in total. The number of nitrogens with one attached hydrogen (secondary N) is 1. The molecular weight excluding hydrogens is 380 g/mol. The summed E-state index contributed by atoms with van der Waals surface area (Å²) >= 11 is 2.43. The summed E-state index contributed by atoms with van der Waals surface area (Å²) in [5.41, 5.74) is 6.43. The zero-order chi connectivity index (χ0) is 18.8. The predicted molar refractivity (Wildman–Crippen MR) is 100 cm³/mol. The van der Waals surface area contributed by atoms with Gasteiger partial charge < -0.3 is 10.8 Å². The summed E-state index contributed by atoms with van der Waals surface area (Å²) in [4.78, 5) is 11.4. The van der Waals surface area contributed by atoms with E-state index in [2.05, 4.69) is 0 Å². The van der Waals surface area contributed by atoms with E-state index >= 15 is 0 Å². The van der Waals surface area contributed by atoms with E-state index in [0.717, 1.165) is 17.4 Å². The molecule has 9 heteroatoms. The first-order chi connectivity index (χ1) is 11.7. The zero-order valence-electron chi connectivity index (χ0n) is 13.4. The van der Waals surface area contributed by atoms with Crippen LogP contribution in [0.4, 0.5) is 0 Å². The van der Waals surface area contributed by atoms with Gasteiger partial charge in [-0.15, -0.1) is 23.1 Å². The quantitative estimate of drug-likeness (QED) is 0.299. The minimum atomic E-state index is -3.82. The standard InChI is InChI=1S/C16H16N2O4S3/c1-9(6-14(19)20)10-4-3-5-11(7-10)25(21,22)13-8-12(15(17)18)24-16(13)23-2/h3-8H,1-2H3,(H3,17,18)(H,19,20)/b9-6-. The van der Waals surface area contributed by atoms with E-state index in [1.54, 1.807) is 25.3 Å². The average Bonchev–Trinajstić information content (AvgIpc) is 3.00. The molecule has 0 radical (unpaired) electrons. The van der Waals surface area contributed by atoms with Crippen LogP contribution in [0.15, 0.2) is 50.4 Å². The third kappa shape index (κ3) is 4.12. The fraction of sp³-hybridized carbons (Fsp3) is 0.125. The number of amidine groups is 1. The molecular formula is C16H16N2O4S3. The Morgan fingerprint density at radius 3 is 2.60 bits per heavy atom. The molecule has 0 spiro atoms. The molecule has 0 fully saturated rings. The van der Waals surface area contributed by atoms with E-state index in [9.17, 15) is 13.2 Å². The fourth-order valence-electron chi connectivity index (χ4n) is 2.12. The third-order valence-corrected chi connectivity index (χ3v) is 7.68. The minimum absolute atomic E-state index is 0.0614. The Morgan fingerprint density at radius 2 is 2.04 bits per heavy atom. The van der Waals surface area contributed by atoms with Crippen molar-refractivity contribution in [2.24, 2.45) is 5.73 Å². The molecule has 25 heavy (non-hydrogen) atoms. The first kappa shape index (κ1) is 19.2. The summed E-state index contributed by atoms with van der Waals surface area (Å²) in [6.45, 7) is 1.60. The van der Waals surface area contributed by atoms with Gasteiger partial charge in [0.05, 0.1) is 18.9 Å². The summed E-state index contributed by atoms with van der Waals surface area (Å²) in [6, 6.07) is 7.53. The lowest BCUT2D eigenvalue weighted by molar-refractivity contribution is -0.131. The number of allylic oxidation sites excluding steroid dienone is 1. The Hall–Kier alpha value is -2.10. The number of thiophene rings is 1. The van der Waals surface area contributed by atoms with Crippen molar-refractivity contribution >= 4 is 50.3 Å². The van der Waals surface area contributed by atoms with Crippen molar-refractivity contribution < 1.29 is 18.3 Å². The van der Waals surface area contributed by atoms with Crippen molar-refractivity contribution in [3.63, 3.8) is 0 Å². The number of thioether (sulfide) groups is 1. The molecule has 6 nitrogen and oxygen atoms in total. The average molecular weight is 397 g/mol. The van der Waals surface area contributed by atoms with Gasteiger partial charge >= 0.3 is 5.97 Å². The van der Waals surface area contributed by atoms with Crippen LogP contribution in [0.3, 0.4) is 0 Å². The van der Waals surface area contributed by atoms with Crippen LogP contribution in [0.1, 0.15) is 17.4 Å². The van der Waals surface area contributed by atoms with E-state index in [1.165, 1.54) is 30.0 Å². The molecule has 132 valence electrons. The molecule has 0 bridgehead atoms. The second kappa shape index (κ2) is 7.42. The molecule has 1 heterocycles. The van der Waals surface area contributed by atoms with Gasteiger partial charge in [-0.25, -0.2) is 13.2 Å². The molecule has 1 aromatic carbocycles. The van der Waals surface area contributed by atoms with Crippen molar-refractivity contribution in [2.45, 2.75) is 20.9 Å². The van der Waals surface area contributed by atoms with Crippen LogP contribution in [0.2, 0.25) is 0 Å². The third-order valence-electron chi connectivity index (χ3n) is 3.35. The van der Waals surface area contributed by atoms with Crippen molar-refractivity contribution in [1.29, 1.82) is 5.41 Å². The van der Waals surface area contributed by atoms with Gasteiger partial charge in [0.2, 0.25) is 9.84 Å².